The van der Waals surface area contributed by atoms with Crippen molar-refractivity contribution in [3.05, 3.63) is 71.9 Å². The summed E-state index contributed by atoms with van der Waals surface area (Å²) in [6, 6.07) is 19.8. The Morgan fingerprint density at radius 1 is 1.21 bits per heavy atom. The second-order valence-electron chi connectivity index (χ2n) is 5.92. The number of para-hydroxylation sites is 1. The molecule has 2 aromatic carbocycles. The lowest BCUT2D eigenvalue weighted by molar-refractivity contribution is -0.116. The average Bonchev–Trinajstić information content (AvgIpc) is 3.17. The van der Waals surface area contributed by atoms with Gasteiger partial charge in [-0.1, -0.05) is 37.3 Å². The first-order valence-corrected chi connectivity index (χ1v) is 9.87. The van der Waals surface area contributed by atoms with Crippen molar-refractivity contribution in [2.24, 2.45) is 0 Å². The van der Waals surface area contributed by atoms with Crippen molar-refractivity contribution in [3.63, 3.8) is 0 Å². The van der Waals surface area contributed by atoms with Crippen LogP contribution in [-0.2, 0) is 4.79 Å². The predicted octanol–water partition coefficient (Wildman–Crippen LogP) is 4.30. The van der Waals surface area contributed by atoms with Gasteiger partial charge in [0, 0.05) is 29.3 Å². The quantitative estimate of drug-likeness (QED) is 0.388. The van der Waals surface area contributed by atoms with Crippen molar-refractivity contribution >= 4 is 23.7 Å². The number of thioether (sulfide) groups is 1. The molecule has 0 aliphatic carbocycles. The highest BCUT2D eigenvalue weighted by atomic mass is 32.2. The van der Waals surface area contributed by atoms with E-state index in [1.54, 1.807) is 22.5 Å². The Hall–Kier alpha value is -3.30. The van der Waals surface area contributed by atoms with Crippen LogP contribution in [0.15, 0.2) is 71.3 Å². The number of nitrogens with zero attached hydrogens (tertiary/aromatic N) is 3. The number of rotatable bonds is 6. The van der Waals surface area contributed by atoms with E-state index in [0.29, 0.717) is 11.3 Å². The Kier molecular flexibility index (Phi) is 6.30. The van der Waals surface area contributed by atoms with Crippen LogP contribution < -0.4 is 5.32 Å². The largest absolute Gasteiger partial charge is 0.354 e. The number of carbonyl (C=O) groups excluding carboxylic acids is 1. The molecule has 0 aliphatic rings. The van der Waals surface area contributed by atoms with Crippen molar-refractivity contribution in [3.8, 4) is 23.0 Å². The number of benzene rings is 2. The van der Waals surface area contributed by atoms with Crippen molar-refractivity contribution < 1.29 is 4.79 Å². The molecule has 1 amide bonds. The van der Waals surface area contributed by atoms with Gasteiger partial charge in [0.05, 0.1) is 11.4 Å². The zero-order valence-corrected chi connectivity index (χ0v) is 16.5. The van der Waals surface area contributed by atoms with Gasteiger partial charge in [0.2, 0.25) is 0 Å². The number of hydrogen-bond acceptors (Lipinski definition) is 4. The third-order valence-electron chi connectivity index (χ3n) is 4.09. The summed E-state index contributed by atoms with van der Waals surface area (Å²) >= 11 is 1.77. The lowest BCUT2D eigenvalue weighted by Crippen LogP contribution is -2.19. The molecule has 0 radical (unpaired) electrons. The molecule has 0 spiro atoms. The number of nitriles is 1. The summed E-state index contributed by atoms with van der Waals surface area (Å²) in [7, 11) is 1.51. The van der Waals surface area contributed by atoms with Crippen molar-refractivity contribution in [2.75, 3.05) is 12.8 Å². The monoisotopic (exact) mass is 388 g/mol. The molecular weight excluding hydrogens is 368 g/mol. The van der Waals surface area contributed by atoms with Crippen molar-refractivity contribution in [2.45, 2.75) is 11.8 Å². The van der Waals surface area contributed by atoms with E-state index < -0.39 is 5.91 Å². The Morgan fingerprint density at radius 3 is 2.54 bits per heavy atom. The number of nitrogens with one attached hydrogen (secondary N) is 1. The average molecular weight is 388 g/mol. The van der Waals surface area contributed by atoms with Crippen LogP contribution in [0.2, 0.25) is 0 Å². The first-order chi connectivity index (χ1) is 13.7. The smallest absolute Gasteiger partial charge is 0.261 e. The molecule has 0 aliphatic heterocycles. The lowest BCUT2D eigenvalue weighted by atomic mass is 10.1. The fourth-order valence-electron chi connectivity index (χ4n) is 2.74. The second-order valence-corrected chi connectivity index (χ2v) is 7.26. The van der Waals surface area contributed by atoms with E-state index in [1.807, 2.05) is 54.7 Å². The van der Waals surface area contributed by atoms with Gasteiger partial charge in [-0.15, -0.1) is 11.8 Å². The molecule has 0 unspecified atom stereocenters. The molecule has 0 atom stereocenters. The first-order valence-electron chi connectivity index (χ1n) is 8.88. The van der Waals surface area contributed by atoms with Gasteiger partial charge in [0.25, 0.3) is 5.91 Å². The number of aromatic nitrogens is 2. The maximum absolute atomic E-state index is 12.0. The van der Waals surface area contributed by atoms with Crippen molar-refractivity contribution in [1.29, 1.82) is 5.26 Å². The van der Waals surface area contributed by atoms with Crippen LogP contribution in [0.1, 0.15) is 12.5 Å². The second kappa shape index (κ2) is 9.07. The van der Waals surface area contributed by atoms with Gasteiger partial charge in [0.1, 0.15) is 11.6 Å². The maximum Gasteiger partial charge on any atom is 0.261 e. The highest BCUT2D eigenvalue weighted by Crippen LogP contribution is 2.28. The Bertz CT molecular complexity index is 1030. The third kappa shape index (κ3) is 4.33. The minimum Gasteiger partial charge on any atom is -0.354 e. The zero-order valence-electron chi connectivity index (χ0n) is 15.7. The van der Waals surface area contributed by atoms with Crippen LogP contribution in [0.5, 0.6) is 0 Å². The Labute approximate surface area is 168 Å². The molecule has 1 heterocycles. The van der Waals surface area contributed by atoms with E-state index >= 15 is 0 Å². The van der Waals surface area contributed by atoms with Crippen LogP contribution >= 0.6 is 11.8 Å². The SMILES string of the molecule is CCSc1ccc(-c2nn(-c3ccccc3)cc2/C=C(\C#N)C(=O)NC)cc1. The summed E-state index contributed by atoms with van der Waals surface area (Å²) in [5.41, 5.74) is 3.29. The molecule has 140 valence electrons. The van der Waals surface area contributed by atoms with E-state index in [4.69, 9.17) is 5.10 Å². The van der Waals surface area contributed by atoms with Crippen LogP contribution in [0.3, 0.4) is 0 Å². The summed E-state index contributed by atoms with van der Waals surface area (Å²) in [5.74, 6) is 0.587. The standard InChI is InChI=1S/C22H20N4OS/c1-3-28-20-11-9-16(10-12-20)21-18(13-17(14-23)22(27)24-2)15-26(25-21)19-7-5-4-6-8-19/h4-13,15H,3H2,1-2H3,(H,24,27)/b17-13+. The van der Waals surface area contributed by atoms with Crippen LogP contribution in [0.4, 0.5) is 0 Å². The molecule has 5 nitrogen and oxygen atoms in total. The molecule has 0 fully saturated rings. The van der Waals surface area contributed by atoms with Gasteiger partial charge in [-0.05, 0) is 36.1 Å². The number of hydrogen-bond donors (Lipinski definition) is 1. The molecule has 28 heavy (non-hydrogen) atoms. The van der Waals surface area contributed by atoms with E-state index in [1.165, 1.54) is 11.9 Å². The molecular formula is C22H20N4OS. The molecule has 3 aromatic rings. The van der Waals surface area contributed by atoms with Crippen LogP contribution in [0, 0.1) is 11.3 Å². The third-order valence-corrected chi connectivity index (χ3v) is 4.99. The van der Waals surface area contributed by atoms with Gasteiger partial charge in [-0.2, -0.15) is 10.4 Å². The normalized spacial score (nSPS) is 11.1. The maximum atomic E-state index is 12.0. The molecule has 3 rings (SSSR count). The highest BCUT2D eigenvalue weighted by molar-refractivity contribution is 7.99. The first kappa shape index (κ1) is 19.5. The van der Waals surface area contributed by atoms with Crippen molar-refractivity contribution in [1.82, 2.24) is 15.1 Å². The molecule has 1 aromatic heterocycles. The van der Waals surface area contributed by atoms with Crippen LogP contribution in [0.25, 0.3) is 23.0 Å². The molecule has 1 N–H and O–H groups in total. The lowest BCUT2D eigenvalue weighted by Gasteiger charge is -2.03. The Morgan fingerprint density at radius 2 is 1.93 bits per heavy atom. The number of likely N-dealkylation sites (N-methyl/N-ethyl adjacent to an activating group) is 1. The molecule has 0 saturated heterocycles. The topological polar surface area (TPSA) is 70.7 Å². The minimum atomic E-state index is -0.421. The summed E-state index contributed by atoms with van der Waals surface area (Å²) in [4.78, 5) is 13.1. The zero-order chi connectivity index (χ0) is 19.9. The van der Waals surface area contributed by atoms with Gasteiger partial charge >= 0.3 is 0 Å². The molecule has 0 saturated carbocycles. The van der Waals surface area contributed by atoms with E-state index in [-0.39, 0.29) is 5.57 Å². The predicted molar refractivity (Wildman–Crippen MR) is 113 cm³/mol. The number of amides is 1. The van der Waals surface area contributed by atoms with Crippen LogP contribution in [-0.4, -0.2) is 28.5 Å². The van der Waals surface area contributed by atoms with E-state index in [9.17, 15) is 10.1 Å². The molecule has 6 heteroatoms. The number of carbonyl (C=O) groups is 1. The summed E-state index contributed by atoms with van der Waals surface area (Å²) in [6.45, 7) is 2.12. The minimum absolute atomic E-state index is 0.0366. The van der Waals surface area contributed by atoms with Gasteiger partial charge in [-0.3, -0.25) is 4.79 Å². The van der Waals surface area contributed by atoms with Gasteiger partial charge in [0.15, 0.2) is 0 Å². The fraction of sp³-hybridized carbons (Fsp3) is 0.136. The van der Waals surface area contributed by atoms with E-state index in [0.717, 1.165) is 17.0 Å². The molecule has 0 bridgehead atoms. The highest BCUT2D eigenvalue weighted by Gasteiger charge is 2.14. The summed E-state index contributed by atoms with van der Waals surface area (Å²) in [5, 5.41) is 16.6. The fourth-order valence-corrected chi connectivity index (χ4v) is 3.41. The van der Waals surface area contributed by atoms with Gasteiger partial charge in [-0.25, -0.2) is 4.68 Å². The summed E-state index contributed by atoms with van der Waals surface area (Å²) < 4.78 is 1.76. The Balaban J connectivity index is 2.11. The van der Waals surface area contributed by atoms with E-state index in [2.05, 4.69) is 24.4 Å². The van der Waals surface area contributed by atoms with Gasteiger partial charge < -0.3 is 5.32 Å². The summed E-state index contributed by atoms with van der Waals surface area (Å²) in [6.07, 6.45) is 3.41.